The summed E-state index contributed by atoms with van der Waals surface area (Å²) in [5.41, 5.74) is 0.321. The van der Waals surface area contributed by atoms with Crippen molar-refractivity contribution in [3.05, 3.63) is 36.0 Å². The zero-order valence-corrected chi connectivity index (χ0v) is 14.3. The topological polar surface area (TPSA) is 84.1 Å². The summed E-state index contributed by atoms with van der Waals surface area (Å²) in [5.74, 6) is -1.13. The Labute approximate surface area is 141 Å². The van der Waals surface area contributed by atoms with Crippen molar-refractivity contribution >= 4 is 22.8 Å². The fraction of sp³-hybridized carbons (Fsp3) is 0.389. The van der Waals surface area contributed by atoms with Crippen molar-refractivity contribution in [3.8, 4) is 6.07 Å². The number of nitriles is 1. The zero-order valence-electron chi connectivity index (χ0n) is 14.3. The van der Waals surface area contributed by atoms with Crippen LogP contribution in [0.25, 0.3) is 10.9 Å². The molecule has 0 spiro atoms. The molecule has 1 aromatic heterocycles. The van der Waals surface area contributed by atoms with Gasteiger partial charge < -0.3 is 14.6 Å². The minimum atomic E-state index is -0.997. The maximum atomic E-state index is 12.3. The average molecular weight is 327 g/mol. The van der Waals surface area contributed by atoms with Crippen LogP contribution in [0, 0.1) is 17.2 Å². The quantitative estimate of drug-likeness (QED) is 0.855. The van der Waals surface area contributed by atoms with Crippen LogP contribution in [0.1, 0.15) is 31.1 Å². The van der Waals surface area contributed by atoms with Gasteiger partial charge in [-0.3, -0.25) is 4.79 Å². The normalized spacial score (nSPS) is 13.3. The average Bonchev–Trinajstić information content (AvgIpc) is 2.90. The van der Waals surface area contributed by atoms with Crippen molar-refractivity contribution in [3.63, 3.8) is 0 Å². The van der Waals surface area contributed by atoms with Crippen molar-refractivity contribution in [1.29, 1.82) is 5.26 Å². The van der Waals surface area contributed by atoms with Crippen molar-refractivity contribution in [1.82, 2.24) is 9.88 Å². The SMILES string of the molecule is CC(C)[C@](C)(C#N)NC(=O)COC(=O)c1cn(C)c2ccccc12. The first-order chi connectivity index (χ1) is 11.3. The highest BCUT2D eigenvalue weighted by Gasteiger charge is 2.30. The number of amides is 1. The van der Waals surface area contributed by atoms with Crippen LogP contribution < -0.4 is 5.32 Å². The number of rotatable bonds is 5. The maximum absolute atomic E-state index is 12.3. The lowest BCUT2D eigenvalue weighted by Gasteiger charge is -2.27. The van der Waals surface area contributed by atoms with Crippen molar-refractivity contribution in [2.45, 2.75) is 26.3 Å². The van der Waals surface area contributed by atoms with Crippen molar-refractivity contribution < 1.29 is 14.3 Å². The molecule has 1 atom stereocenters. The molecule has 0 unspecified atom stereocenters. The zero-order chi connectivity index (χ0) is 17.9. The molecule has 6 nitrogen and oxygen atoms in total. The summed E-state index contributed by atoms with van der Waals surface area (Å²) in [6.45, 7) is 4.89. The van der Waals surface area contributed by atoms with E-state index in [0.717, 1.165) is 10.9 Å². The summed E-state index contributed by atoms with van der Waals surface area (Å²) in [6, 6.07) is 9.54. The van der Waals surface area contributed by atoms with E-state index in [1.165, 1.54) is 0 Å². The first-order valence-corrected chi connectivity index (χ1v) is 7.72. The largest absolute Gasteiger partial charge is 0.452 e. The summed E-state index contributed by atoms with van der Waals surface area (Å²) in [6.07, 6.45) is 1.68. The number of esters is 1. The number of para-hydroxylation sites is 1. The Morgan fingerprint density at radius 1 is 1.38 bits per heavy atom. The fourth-order valence-corrected chi connectivity index (χ4v) is 2.34. The van der Waals surface area contributed by atoms with Gasteiger partial charge in [0.2, 0.25) is 0 Å². The highest BCUT2D eigenvalue weighted by atomic mass is 16.5. The number of benzene rings is 1. The number of fused-ring (bicyclic) bond motifs is 1. The molecule has 0 aliphatic heterocycles. The molecular weight excluding hydrogens is 306 g/mol. The molecule has 24 heavy (non-hydrogen) atoms. The Kier molecular flexibility index (Phi) is 4.93. The highest BCUT2D eigenvalue weighted by molar-refractivity contribution is 6.04. The summed E-state index contributed by atoms with van der Waals surface area (Å²) in [5, 5.41) is 12.6. The van der Waals surface area contributed by atoms with E-state index in [4.69, 9.17) is 4.74 Å². The second kappa shape index (κ2) is 6.75. The summed E-state index contributed by atoms with van der Waals surface area (Å²) >= 11 is 0. The number of nitrogens with one attached hydrogen (secondary N) is 1. The van der Waals surface area contributed by atoms with E-state index in [9.17, 15) is 14.9 Å². The molecule has 1 N–H and O–H groups in total. The molecule has 0 saturated heterocycles. The minimum absolute atomic E-state index is 0.0692. The second-order valence-corrected chi connectivity index (χ2v) is 6.26. The van der Waals surface area contributed by atoms with Crippen molar-refractivity contribution in [2.24, 2.45) is 13.0 Å². The molecular formula is C18H21N3O3. The lowest BCUT2D eigenvalue weighted by atomic mass is 9.90. The number of aryl methyl sites for hydroxylation is 1. The summed E-state index contributed by atoms with van der Waals surface area (Å²) in [4.78, 5) is 24.2. The molecule has 2 rings (SSSR count). The van der Waals surface area contributed by atoms with E-state index in [-0.39, 0.29) is 5.92 Å². The maximum Gasteiger partial charge on any atom is 0.340 e. The van der Waals surface area contributed by atoms with Crippen LogP contribution in [-0.2, 0) is 16.6 Å². The third-order valence-corrected chi connectivity index (χ3v) is 4.24. The van der Waals surface area contributed by atoms with Crippen LogP contribution in [0.4, 0.5) is 0 Å². The summed E-state index contributed by atoms with van der Waals surface area (Å²) < 4.78 is 6.94. The fourth-order valence-electron chi connectivity index (χ4n) is 2.34. The first kappa shape index (κ1) is 17.5. The van der Waals surface area contributed by atoms with Gasteiger partial charge in [-0.05, 0) is 18.9 Å². The number of hydrogen-bond donors (Lipinski definition) is 1. The Morgan fingerprint density at radius 2 is 2.04 bits per heavy atom. The smallest absolute Gasteiger partial charge is 0.340 e. The van der Waals surface area contributed by atoms with Crippen LogP contribution in [0.15, 0.2) is 30.5 Å². The lowest BCUT2D eigenvalue weighted by Crippen LogP contribution is -2.50. The number of carbonyl (C=O) groups is 2. The van der Waals surface area contributed by atoms with Gasteiger partial charge in [0, 0.05) is 24.1 Å². The number of ether oxygens (including phenoxy) is 1. The molecule has 0 aliphatic rings. The monoisotopic (exact) mass is 327 g/mol. The van der Waals surface area contributed by atoms with Gasteiger partial charge in [0.05, 0.1) is 11.6 Å². The van der Waals surface area contributed by atoms with E-state index in [1.54, 1.807) is 13.1 Å². The Bertz CT molecular complexity index is 817. The van der Waals surface area contributed by atoms with Gasteiger partial charge in [-0.25, -0.2) is 4.79 Å². The van der Waals surface area contributed by atoms with E-state index >= 15 is 0 Å². The number of nitrogens with zero attached hydrogens (tertiary/aromatic N) is 2. The first-order valence-electron chi connectivity index (χ1n) is 7.72. The van der Waals surface area contributed by atoms with Gasteiger partial charge in [-0.1, -0.05) is 32.0 Å². The molecule has 6 heteroatoms. The lowest BCUT2D eigenvalue weighted by molar-refractivity contribution is -0.125. The summed E-state index contributed by atoms with van der Waals surface area (Å²) in [7, 11) is 1.84. The Morgan fingerprint density at radius 3 is 2.67 bits per heavy atom. The molecule has 0 saturated carbocycles. The molecule has 126 valence electrons. The molecule has 1 heterocycles. The van der Waals surface area contributed by atoms with Crippen LogP contribution in [0.3, 0.4) is 0 Å². The molecule has 1 aromatic carbocycles. The van der Waals surface area contributed by atoms with Gasteiger partial charge in [0.1, 0.15) is 5.54 Å². The van der Waals surface area contributed by atoms with Gasteiger partial charge in [-0.2, -0.15) is 5.26 Å². The molecule has 2 aromatic rings. The Hall–Kier alpha value is -2.81. The number of carbonyl (C=O) groups excluding carboxylic acids is 2. The van der Waals surface area contributed by atoms with E-state index in [0.29, 0.717) is 5.56 Å². The predicted molar refractivity (Wildman–Crippen MR) is 90.2 cm³/mol. The van der Waals surface area contributed by atoms with Gasteiger partial charge in [-0.15, -0.1) is 0 Å². The highest BCUT2D eigenvalue weighted by Crippen LogP contribution is 2.21. The molecule has 0 fully saturated rings. The van der Waals surface area contributed by atoms with E-state index in [1.807, 2.05) is 49.7 Å². The van der Waals surface area contributed by atoms with E-state index < -0.39 is 24.0 Å². The third-order valence-electron chi connectivity index (χ3n) is 4.24. The van der Waals surface area contributed by atoms with Crippen LogP contribution in [0.5, 0.6) is 0 Å². The van der Waals surface area contributed by atoms with Gasteiger partial charge in [0.25, 0.3) is 5.91 Å². The molecule has 0 aliphatic carbocycles. The molecule has 0 bridgehead atoms. The predicted octanol–water partition coefficient (Wildman–Crippen LogP) is 2.39. The minimum Gasteiger partial charge on any atom is -0.452 e. The van der Waals surface area contributed by atoms with Crippen LogP contribution in [-0.4, -0.2) is 28.6 Å². The van der Waals surface area contributed by atoms with Crippen molar-refractivity contribution in [2.75, 3.05) is 6.61 Å². The molecule has 0 radical (unpaired) electrons. The standard InChI is InChI=1S/C18H21N3O3/c1-12(2)18(3,11-19)20-16(22)10-24-17(23)14-9-21(4)15-8-6-5-7-13(14)15/h5-9,12H,10H2,1-4H3,(H,20,22)/t18-/m0/s1. The van der Waals surface area contributed by atoms with Gasteiger partial charge in [0.15, 0.2) is 6.61 Å². The third kappa shape index (κ3) is 3.40. The second-order valence-electron chi connectivity index (χ2n) is 6.26. The van der Waals surface area contributed by atoms with Crippen LogP contribution in [0.2, 0.25) is 0 Å². The molecule has 1 amide bonds. The van der Waals surface area contributed by atoms with E-state index in [2.05, 4.69) is 11.4 Å². The Balaban J connectivity index is 2.05. The van der Waals surface area contributed by atoms with Gasteiger partial charge >= 0.3 is 5.97 Å². The number of aromatic nitrogens is 1. The van der Waals surface area contributed by atoms with Crippen LogP contribution >= 0.6 is 0 Å². The number of hydrogen-bond acceptors (Lipinski definition) is 4.